The zero-order chi connectivity index (χ0) is 24.8. The second kappa shape index (κ2) is 11.2. The molecule has 0 saturated carbocycles. The lowest BCUT2D eigenvalue weighted by Crippen LogP contribution is -2.46. The van der Waals surface area contributed by atoms with Gasteiger partial charge in [-0.25, -0.2) is 9.59 Å². The fraction of sp³-hybridized carbons (Fsp3) is 0.875. The normalized spacial score (nSPS) is 15.5. The Morgan fingerprint density at radius 3 is 1.87 bits per heavy atom. The van der Waals surface area contributed by atoms with Gasteiger partial charge in [-0.2, -0.15) is 0 Å². The topological polar surface area (TPSA) is 82.1 Å². The first-order valence-electron chi connectivity index (χ1n) is 11.1. The third-order valence-electron chi connectivity index (χ3n) is 5.44. The maximum absolute atomic E-state index is 12.8. The Kier molecular flexibility index (Phi) is 10.5. The first kappa shape index (κ1) is 29.2. The van der Waals surface area contributed by atoms with Crippen LogP contribution in [0.4, 0.5) is 4.79 Å². The zero-order valence-corrected chi connectivity index (χ0v) is 21.8. The molecule has 3 unspecified atom stereocenters. The van der Waals surface area contributed by atoms with Crippen LogP contribution in [0.25, 0.3) is 0 Å². The summed E-state index contributed by atoms with van der Waals surface area (Å²) in [5.74, 6) is -0.451. The highest BCUT2D eigenvalue weighted by atomic mass is 16.6. The first-order chi connectivity index (χ1) is 13.8. The predicted octanol–water partition coefficient (Wildman–Crippen LogP) is 5.21. The molecule has 0 aromatic carbocycles. The van der Waals surface area contributed by atoms with Crippen molar-refractivity contribution in [2.45, 2.75) is 106 Å². The zero-order valence-electron chi connectivity index (χ0n) is 21.8. The number of nitrogens with zero attached hydrogens (tertiary/aromatic N) is 1. The third-order valence-corrected chi connectivity index (χ3v) is 5.44. The van der Waals surface area contributed by atoms with Gasteiger partial charge in [0, 0.05) is 7.05 Å². The lowest BCUT2D eigenvalue weighted by molar-refractivity contribution is -0.161. The molecule has 1 amide bonds. The average molecular weight is 444 g/mol. The van der Waals surface area contributed by atoms with Crippen LogP contribution in [0.15, 0.2) is 0 Å². The first-order valence-corrected chi connectivity index (χ1v) is 11.1. The smallest absolute Gasteiger partial charge is 0.410 e. The average Bonchev–Trinajstić information content (AvgIpc) is 2.61. The van der Waals surface area contributed by atoms with E-state index in [4.69, 9.17) is 14.2 Å². The minimum absolute atomic E-state index is 0.225. The molecule has 31 heavy (non-hydrogen) atoms. The summed E-state index contributed by atoms with van der Waals surface area (Å²) in [5.41, 5.74) is -1.47. The van der Waals surface area contributed by atoms with Gasteiger partial charge in [0.25, 0.3) is 0 Å². The number of hydrogen-bond acceptors (Lipinski definition) is 6. The van der Waals surface area contributed by atoms with Crippen molar-refractivity contribution in [3.8, 4) is 0 Å². The second-order valence-electron chi connectivity index (χ2n) is 11.3. The quantitative estimate of drug-likeness (QED) is 0.360. The van der Waals surface area contributed by atoms with Crippen molar-refractivity contribution in [1.29, 1.82) is 0 Å². The molecular weight excluding hydrogens is 398 g/mol. The molecule has 7 heteroatoms. The summed E-state index contributed by atoms with van der Waals surface area (Å²) in [6.45, 7) is 18.9. The summed E-state index contributed by atoms with van der Waals surface area (Å²) in [4.78, 5) is 38.3. The number of carbonyl (C=O) groups excluding carboxylic acids is 3. The van der Waals surface area contributed by atoms with Crippen molar-refractivity contribution >= 4 is 18.0 Å². The van der Waals surface area contributed by atoms with E-state index >= 15 is 0 Å². The van der Waals surface area contributed by atoms with Gasteiger partial charge >= 0.3 is 18.0 Å². The lowest BCUT2D eigenvalue weighted by Gasteiger charge is -2.35. The molecule has 0 aromatic rings. The van der Waals surface area contributed by atoms with E-state index in [9.17, 15) is 14.4 Å². The number of rotatable bonds is 9. The molecule has 0 radical (unpaired) electrons. The third kappa shape index (κ3) is 10.4. The van der Waals surface area contributed by atoms with E-state index in [1.807, 2.05) is 34.6 Å². The fourth-order valence-corrected chi connectivity index (χ4v) is 2.94. The van der Waals surface area contributed by atoms with Crippen LogP contribution < -0.4 is 0 Å². The van der Waals surface area contributed by atoms with Gasteiger partial charge in [0.15, 0.2) is 0 Å². The van der Waals surface area contributed by atoms with Crippen molar-refractivity contribution in [3.63, 3.8) is 0 Å². The fourth-order valence-electron chi connectivity index (χ4n) is 2.94. The molecule has 182 valence electrons. The van der Waals surface area contributed by atoms with Crippen molar-refractivity contribution in [3.05, 3.63) is 0 Å². The molecule has 7 nitrogen and oxygen atoms in total. The van der Waals surface area contributed by atoms with Crippen molar-refractivity contribution in [2.24, 2.45) is 16.7 Å². The predicted molar refractivity (Wildman–Crippen MR) is 122 cm³/mol. The van der Waals surface area contributed by atoms with E-state index in [2.05, 4.69) is 6.92 Å². The molecule has 0 aliphatic rings. The lowest BCUT2D eigenvalue weighted by atomic mass is 9.80. The van der Waals surface area contributed by atoms with Crippen LogP contribution >= 0.6 is 0 Å². The Hall–Kier alpha value is -1.79. The van der Waals surface area contributed by atoms with Gasteiger partial charge in [-0.05, 0) is 72.1 Å². The highest BCUT2D eigenvalue weighted by Crippen LogP contribution is 2.32. The summed E-state index contributed by atoms with van der Waals surface area (Å²) in [6.07, 6.45) is 1.26. The maximum atomic E-state index is 12.8. The number of carbonyl (C=O) groups is 3. The van der Waals surface area contributed by atoms with Crippen molar-refractivity contribution < 1.29 is 28.6 Å². The number of amides is 1. The summed E-state index contributed by atoms with van der Waals surface area (Å²) in [5, 5.41) is 0. The number of hydrogen-bond donors (Lipinski definition) is 0. The van der Waals surface area contributed by atoms with E-state index in [-0.39, 0.29) is 23.4 Å². The monoisotopic (exact) mass is 443 g/mol. The Morgan fingerprint density at radius 2 is 1.45 bits per heavy atom. The molecule has 0 saturated heterocycles. The van der Waals surface area contributed by atoms with E-state index in [0.717, 1.165) is 6.42 Å². The largest absolute Gasteiger partial charge is 0.469 e. The minimum Gasteiger partial charge on any atom is -0.469 e. The Balaban J connectivity index is 5.09. The van der Waals surface area contributed by atoms with Crippen LogP contribution in [-0.4, -0.2) is 54.8 Å². The summed E-state index contributed by atoms with van der Waals surface area (Å²) >= 11 is 0. The van der Waals surface area contributed by atoms with Crippen LogP contribution in [-0.2, 0) is 23.8 Å². The minimum atomic E-state index is -0.770. The number of ether oxygens (including phenoxy) is 3. The Bertz CT molecular complexity index is 615. The summed E-state index contributed by atoms with van der Waals surface area (Å²) in [6, 6.07) is -0.770. The van der Waals surface area contributed by atoms with Crippen molar-refractivity contribution in [1.82, 2.24) is 4.90 Å². The number of esters is 2. The highest BCUT2D eigenvalue weighted by molar-refractivity contribution is 5.81. The highest BCUT2D eigenvalue weighted by Gasteiger charge is 2.35. The Labute approximate surface area is 189 Å². The van der Waals surface area contributed by atoms with Gasteiger partial charge in [0.05, 0.1) is 12.5 Å². The molecule has 0 rings (SSSR count). The maximum Gasteiger partial charge on any atom is 0.410 e. The van der Waals surface area contributed by atoms with Gasteiger partial charge in [-0.3, -0.25) is 9.69 Å². The summed E-state index contributed by atoms with van der Waals surface area (Å²) in [7, 11) is 2.93. The Morgan fingerprint density at radius 1 is 0.935 bits per heavy atom. The molecule has 0 bridgehead atoms. The molecule has 0 N–H and O–H groups in total. The van der Waals surface area contributed by atoms with Gasteiger partial charge in [-0.1, -0.05) is 27.7 Å². The van der Waals surface area contributed by atoms with Crippen LogP contribution in [0.2, 0.25) is 0 Å². The molecule has 0 spiro atoms. The van der Waals surface area contributed by atoms with Gasteiger partial charge in [0.1, 0.15) is 17.7 Å². The van der Waals surface area contributed by atoms with Crippen LogP contribution in [0, 0.1) is 16.7 Å². The van der Waals surface area contributed by atoms with Crippen LogP contribution in [0.1, 0.15) is 88.5 Å². The van der Waals surface area contributed by atoms with Crippen LogP contribution in [0.5, 0.6) is 0 Å². The number of methoxy groups -OCH3 is 1. The van der Waals surface area contributed by atoms with E-state index < -0.39 is 29.1 Å². The van der Waals surface area contributed by atoms with Crippen LogP contribution in [0.3, 0.4) is 0 Å². The van der Waals surface area contributed by atoms with Gasteiger partial charge in [0.2, 0.25) is 0 Å². The SMILES string of the molecule is COC(=O)C(C)(C)CCC(C)CC(OC(=O)C(C)N(C)C(=O)OC(C)(C)C)C(C)(C)C. The molecule has 0 fully saturated rings. The van der Waals surface area contributed by atoms with Gasteiger partial charge in [-0.15, -0.1) is 0 Å². The molecular formula is C24H45NO6. The second-order valence-corrected chi connectivity index (χ2v) is 11.3. The van der Waals surface area contributed by atoms with E-state index in [1.54, 1.807) is 27.7 Å². The molecule has 0 aliphatic carbocycles. The molecule has 0 aromatic heterocycles. The van der Waals surface area contributed by atoms with Gasteiger partial charge < -0.3 is 14.2 Å². The molecule has 0 aliphatic heterocycles. The molecule has 0 heterocycles. The standard InChI is InChI=1S/C24H45NO6/c1-16(13-14-24(9,10)20(27)29-12)15-18(22(3,4)5)30-19(26)17(2)25(11)21(28)31-23(6,7)8/h16-18H,13-15H2,1-12H3. The van der Waals surface area contributed by atoms with E-state index in [0.29, 0.717) is 12.8 Å². The number of likely N-dealkylation sites (N-methyl/N-ethyl adjacent to an activating group) is 1. The van der Waals surface area contributed by atoms with E-state index in [1.165, 1.54) is 19.1 Å². The molecule has 3 atom stereocenters. The summed E-state index contributed by atoms with van der Waals surface area (Å²) < 4.78 is 16.1. The van der Waals surface area contributed by atoms with Crippen molar-refractivity contribution in [2.75, 3.05) is 14.2 Å².